The lowest BCUT2D eigenvalue weighted by Gasteiger charge is -2.36. The van der Waals surface area contributed by atoms with E-state index in [0.717, 1.165) is 5.69 Å². The van der Waals surface area contributed by atoms with E-state index in [1.807, 2.05) is 12.1 Å². The molecule has 0 aromatic heterocycles. The highest BCUT2D eigenvalue weighted by Crippen LogP contribution is 2.44. The lowest BCUT2D eigenvalue weighted by molar-refractivity contribution is -0.179. The van der Waals surface area contributed by atoms with E-state index in [-0.39, 0.29) is 6.42 Å². The highest BCUT2D eigenvalue weighted by Gasteiger charge is 2.47. The molecule has 0 fully saturated rings. The van der Waals surface area contributed by atoms with Gasteiger partial charge in [0, 0.05) is 10.7 Å². The highest BCUT2D eigenvalue weighted by atomic mass is 35.5. The van der Waals surface area contributed by atoms with Crippen molar-refractivity contribution < 1.29 is 13.2 Å². The molecule has 21 heavy (non-hydrogen) atoms. The van der Waals surface area contributed by atoms with Crippen LogP contribution in [0.25, 0.3) is 0 Å². The van der Waals surface area contributed by atoms with Gasteiger partial charge >= 0.3 is 6.18 Å². The van der Waals surface area contributed by atoms with Crippen molar-refractivity contribution in [2.75, 3.05) is 5.32 Å². The molecule has 3 rings (SSSR count). The maximum Gasteiger partial charge on any atom is 0.394 e. The maximum atomic E-state index is 13.4. The van der Waals surface area contributed by atoms with Crippen molar-refractivity contribution >= 4 is 17.3 Å². The van der Waals surface area contributed by atoms with Gasteiger partial charge in [-0.15, -0.1) is 0 Å². The molecule has 0 bridgehead atoms. The van der Waals surface area contributed by atoms with Crippen molar-refractivity contribution in [3.63, 3.8) is 0 Å². The lowest BCUT2D eigenvalue weighted by Crippen LogP contribution is -2.37. The number of benzene rings is 2. The molecule has 0 aliphatic carbocycles. The Balaban J connectivity index is 2.02. The van der Waals surface area contributed by atoms with Crippen LogP contribution >= 0.6 is 11.6 Å². The van der Waals surface area contributed by atoms with Crippen LogP contribution in [-0.2, 0) is 6.42 Å². The Bertz CT molecular complexity index is 637. The minimum Gasteiger partial charge on any atom is -0.377 e. The van der Waals surface area contributed by atoms with Crippen LogP contribution in [0.15, 0.2) is 48.5 Å². The number of fused-ring (bicyclic) bond motifs is 1. The molecule has 2 aromatic rings. The van der Waals surface area contributed by atoms with Gasteiger partial charge in [-0.25, -0.2) is 0 Å². The Morgan fingerprint density at radius 2 is 1.67 bits per heavy atom. The summed E-state index contributed by atoms with van der Waals surface area (Å²) >= 11 is 5.82. The van der Waals surface area contributed by atoms with Crippen molar-refractivity contribution in [3.05, 3.63) is 64.7 Å². The quantitative estimate of drug-likeness (QED) is 0.760. The Morgan fingerprint density at radius 1 is 1.00 bits per heavy atom. The highest BCUT2D eigenvalue weighted by molar-refractivity contribution is 6.30. The second-order valence-corrected chi connectivity index (χ2v) is 5.62. The van der Waals surface area contributed by atoms with Gasteiger partial charge in [0.2, 0.25) is 0 Å². The van der Waals surface area contributed by atoms with Crippen molar-refractivity contribution in [3.8, 4) is 0 Å². The first kappa shape index (κ1) is 14.3. The maximum absolute atomic E-state index is 13.4. The summed E-state index contributed by atoms with van der Waals surface area (Å²) in [5.41, 5.74) is 2.05. The smallest absolute Gasteiger partial charge is 0.377 e. The zero-order valence-electron chi connectivity index (χ0n) is 11.0. The lowest BCUT2D eigenvalue weighted by atomic mass is 9.83. The van der Waals surface area contributed by atoms with Crippen molar-refractivity contribution in [1.82, 2.24) is 0 Å². The van der Waals surface area contributed by atoms with Gasteiger partial charge in [0.1, 0.15) is 0 Å². The van der Waals surface area contributed by atoms with Crippen LogP contribution < -0.4 is 5.32 Å². The largest absolute Gasteiger partial charge is 0.394 e. The van der Waals surface area contributed by atoms with Crippen molar-refractivity contribution in [2.45, 2.75) is 18.6 Å². The molecule has 1 nitrogen and oxygen atoms in total. The van der Waals surface area contributed by atoms with Crippen LogP contribution in [0.2, 0.25) is 5.02 Å². The number of alkyl halides is 3. The van der Waals surface area contributed by atoms with Gasteiger partial charge < -0.3 is 5.32 Å². The van der Waals surface area contributed by atoms with Crippen LogP contribution in [0, 0.1) is 5.92 Å². The molecule has 1 N–H and O–H groups in total. The van der Waals surface area contributed by atoms with Gasteiger partial charge in [0.25, 0.3) is 0 Å². The topological polar surface area (TPSA) is 12.0 Å². The number of anilines is 1. The minimum absolute atomic E-state index is 0.0139. The first-order valence-corrected chi connectivity index (χ1v) is 6.99. The van der Waals surface area contributed by atoms with E-state index in [1.165, 1.54) is 0 Å². The molecule has 0 saturated heterocycles. The molecule has 1 aliphatic heterocycles. The Labute approximate surface area is 125 Å². The van der Waals surface area contributed by atoms with E-state index in [4.69, 9.17) is 11.6 Å². The normalized spacial score (nSPS) is 21.5. The molecule has 1 aliphatic rings. The number of rotatable bonds is 1. The average Bonchev–Trinajstić information content (AvgIpc) is 2.46. The van der Waals surface area contributed by atoms with Crippen LogP contribution in [0.1, 0.15) is 17.2 Å². The summed E-state index contributed by atoms with van der Waals surface area (Å²) in [5.74, 6) is -1.45. The van der Waals surface area contributed by atoms with Gasteiger partial charge in [-0.1, -0.05) is 41.9 Å². The fraction of sp³-hybridized carbons (Fsp3) is 0.250. The predicted octanol–water partition coefficient (Wildman–Crippen LogP) is 5.23. The summed E-state index contributed by atoms with van der Waals surface area (Å²) in [6, 6.07) is 12.9. The number of hydrogen-bond acceptors (Lipinski definition) is 1. The molecular weight excluding hydrogens is 299 g/mol. The molecule has 0 saturated carbocycles. The standard InChI is InChI=1S/C16H13ClF3N/c17-12-7-5-10(6-8-12)15-13(16(18,19)20)9-11-3-1-2-4-14(11)21-15/h1-8,13,15,21H,9H2/t13-,15-/m0/s1. The van der Waals surface area contributed by atoms with Gasteiger partial charge in [-0.2, -0.15) is 13.2 Å². The van der Waals surface area contributed by atoms with E-state index in [2.05, 4.69) is 5.32 Å². The Morgan fingerprint density at radius 3 is 2.33 bits per heavy atom. The van der Waals surface area contributed by atoms with E-state index in [1.54, 1.807) is 36.4 Å². The van der Waals surface area contributed by atoms with E-state index < -0.39 is 18.1 Å². The van der Waals surface area contributed by atoms with E-state index in [9.17, 15) is 13.2 Å². The zero-order chi connectivity index (χ0) is 15.0. The molecule has 0 amide bonds. The van der Waals surface area contributed by atoms with Crippen molar-refractivity contribution in [1.29, 1.82) is 0 Å². The van der Waals surface area contributed by atoms with Crippen LogP contribution in [0.4, 0.5) is 18.9 Å². The molecule has 5 heteroatoms. The molecule has 0 spiro atoms. The summed E-state index contributed by atoms with van der Waals surface area (Å²) in [6.07, 6.45) is -4.27. The molecular formula is C16H13ClF3N. The van der Waals surface area contributed by atoms with Gasteiger partial charge in [-0.3, -0.25) is 0 Å². The SMILES string of the molecule is FC(F)(F)[C@H]1Cc2ccccc2N[C@H]1c1ccc(Cl)cc1. The second-order valence-electron chi connectivity index (χ2n) is 5.18. The van der Waals surface area contributed by atoms with Gasteiger partial charge in [0.05, 0.1) is 12.0 Å². The summed E-state index contributed by atoms with van der Waals surface area (Å²) < 4.78 is 40.2. The molecule has 110 valence electrons. The summed E-state index contributed by atoms with van der Waals surface area (Å²) in [4.78, 5) is 0. The summed E-state index contributed by atoms with van der Waals surface area (Å²) in [5, 5.41) is 3.54. The van der Waals surface area contributed by atoms with Gasteiger partial charge in [-0.05, 0) is 35.7 Å². The van der Waals surface area contributed by atoms with Crippen LogP contribution in [-0.4, -0.2) is 6.18 Å². The number of para-hydroxylation sites is 1. The average molecular weight is 312 g/mol. The second kappa shape index (κ2) is 5.26. The zero-order valence-corrected chi connectivity index (χ0v) is 11.7. The molecule has 2 aromatic carbocycles. The fourth-order valence-corrected chi connectivity index (χ4v) is 2.88. The van der Waals surface area contributed by atoms with Crippen LogP contribution in [0.5, 0.6) is 0 Å². The number of halogens is 4. The summed E-state index contributed by atoms with van der Waals surface area (Å²) in [6.45, 7) is 0. The third kappa shape index (κ3) is 2.86. The minimum atomic E-state index is -4.26. The fourth-order valence-electron chi connectivity index (χ4n) is 2.75. The van der Waals surface area contributed by atoms with E-state index in [0.29, 0.717) is 16.1 Å². The molecule has 1 heterocycles. The summed E-state index contributed by atoms with van der Waals surface area (Å²) in [7, 11) is 0. The first-order valence-electron chi connectivity index (χ1n) is 6.62. The van der Waals surface area contributed by atoms with Gasteiger partial charge in [0.15, 0.2) is 0 Å². The molecule has 2 atom stereocenters. The molecule has 0 radical (unpaired) electrons. The Hall–Kier alpha value is -1.68. The predicted molar refractivity (Wildman–Crippen MR) is 77.5 cm³/mol. The monoisotopic (exact) mass is 311 g/mol. The van der Waals surface area contributed by atoms with Crippen molar-refractivity contribution in [2.24, 2.45) is 5.92 Å². The Kier molecular flexibility index (Phi) is 3.57. The first-order chi connectivity index (χ1) is 9.95. The van der Waals surface area contributed by atoms with E-state index >= 15 is 0 Å². The third-order valence-corrected chi connectivity index (χ3v) is 4.07. The van der Waals surface area contributed by atoms with Crippen LogP contribution in [0.3, 0.4) is 0 Å². The third-order valence-electron chi connectivity index (χ3n) is 3.82. The number of nitrogens with one attached hydrogen (secondary N) is 1. The number of hydrogen-bond donors (Lipinski definition) is 1. The molecule has 0 unspecified atom stereocenters.